The summed E-state index contributed by atoms with van der Waals surface area (Å²) < 4.78 is 15.7. The Bertz CT molecular complexity index is 438. The van der Waals surface area contributed by atoms with Crippen LogP contribution in [0.4, 0.5) is 0 Å². The zero-order chi connectivity index (χ0) is 19.6. The quantitative estimate of drug-likeness (QED) is 0.209. The molecule has 0 aromatic rings. The minimum atomic E-state index is -1.80. The van der Waals surface area contributed by atoms with Gasteiger partial charge in [-0.1, -0.05) is 0 Å². The van der Waals surface area contributed by atoms with E-state index < -0.39 is 74.1 Å². The van der Waals surface area contributed by atoms with Crippen molar-refractivity contribution in [3.8, 4) is 0 Å². The standard InChI is InChI=1S/C14H26O12/c15-2-1-5-6(18)7(19)10(22)13(24-5)26-14-11(23)8(20)9(21)12(25-14)4(17)3-16/h4-23H,1-3H2/t4?,5-,6-,7+,8?,9?,10-,11?,12?,13?,14?/m1/s1. The second-order valence-electron chi connectivity index (χ2n) is 6.35. The predicted octanol–water partition coefficient (Wildman–Crippen LogP) is -5.65. The molecule has 0 spiro atoms. The number of hydrogen-bond donors (Lipinski definition) is 9. The third-order valence-electron chi connectivity index (χ3n) is 4.52. The van der Waals surface area contributed by atoms with Gasteiger partial charge in [-0.3, -0.25) is 0 Å². The summed E-state index contributed by atoms with van der Waals surface area (Å²) in [4.78, 5) is 0. The van der Waals surface area contributed by atoms with Crippen molar-refractivity contribution < 1.29 is 60.2 Å². The number of hydrogen-bond acceptors (Lipinski definition) is 12. The fourth-order valence-electron chi connectivity index (χ4n) is 2.93. The van der Waals surface area contributed by atoms with E-state index in [0.717, 1.165) is 0 Å². The highest BCUT2D eigenvalue weighted by Crippen LogP contribution is 2.29. The van der Waals surface area contributed by atoms with Crippen molar-refractivity contribution in [1.29, 1.82) is 0 Å². The summed E-state index contributed by atoms with van der Waals surface area (Å²) >= 11 is 0. The summed E-state index contributed by atoms with van der Waals surface area (Å²) in [5.74, 6) is 0. The molecular weight excluding hydrogens is 360 g/mol. The summed E-state index contributed by atoms with van der Waals surface area (Å²) in [6.07, 6.45) is -17.8. The van der Waals surface area contributed by atoms with Crippen LogP contribution in [-0.4, -0.2) is 127 Å². The SMILES string of the molecule is OCC[C@H]1OC(OC2OC(C(O)CO)C(O)C(O)C2O)[C@H](O)[C@@H](O)[C@@H]1O. The van der Waals surface area contributed by atoms with Gasteiger partial charge in [0.05, 0.1) is 12.7 Å². The van der Waals surface area contributed by atoms with Crippen LogP contribution >= 0.6 is 0 Å². The molecule has 2 rings (SSSR count). The van der Waals surface area contributed by atoms with E-state index in [2.05, 4.69) is 0 Å². The Labute approximate surface area is 148 Å². The molecule has 154 valence electrons. The van der Waals surface area contributed by atoms with E-state index in [0.29, 0.717) is 0 Å². The molecule has 0 aromatic heterocycles. The molecule has 0 saturated carbocycles. The summed E-state index contributed by atoms with van der Waals surface area (Å²) in [6, 6.07) is 0. The third kappa shape index (κ3) is 4.32. The lowest BCUT2D eigenvalue weighted by molar-refractivity contribution is -0.379. The zero-order valence-corrected chi connectivity index (χ0v) is 13.7. The lowest BCUT2D eigenvalue weighted by Gasteiger charge is -2.45. The van der Waals surface area contributed by atoms with E-state index in [-0.39, 0.29) is 13.0 Å². The van der Waals surface area contributed by atoms with Crippen LogP contribution in [0.1, 0.15) is 6.42 Å². The molecule has 0 aliphatic carbocycles. The van der Waals surface area contributed by atoms with E-state index >= 15 is 0 Å². The number of aliphatic hydroxyl groups is 9. The summed E-state index contributed by atoms with van der Waals surface area (Å²) in [5.41, 5.74) is 0. The molecule has 7 unspecified atom stereocenters. The Kier molecular flexibility index (Phi) is 7.67. The first-order chi connectivity index (χ1) is 12.2. The average molecular weight is 386 g/mol. The van der Waals surface area contributed by atoms with Gasteiger partial charge < -0.3 is 60.2 Å². The minimum Gasteiger partial charge on any atom is -0.396 e. The van der Waals surface area contributed by atoms with Gasteiger partial charge in [0, 0.05) is 6.61 Å². The summed E-state index contributed by atoms with van der Waals surface area (Å²) in [5, 5.41) is 87.0. The summed E-state index contributed by atoms with van der Waals surface area (Å²) in [7, 11) is 0. The lowest BCUT2D eigenvalue weighted by Crippen LogP contribution is -2.64. The van der Waals surface area contributed by atoms with Gasteiger partial charge in [0.1, 0.15) is 48.8 Å². The van der Waals surface area contributed by atoms with Crippen LogP contribution in [0.25, 0.3) is 0 Å². The van der Waals surface area contributed by atoms with Crippen LogP contribution in [0.15, 0.2) is 0 Å². The number of rotatable bonds is 6. The first-order valence-electron chi connectivity index (χ1n) is 8.17. The monoisotopic (exact) mass is 386 g/mol. The molecule has 2 aliphatic heterocycles. The molecule has 12 nitrogen and oxygen atoms in total. The van der Waals surface area contributed by atoms with Gasteiger partial charge in [0.2, 0.25) is 0 Å². The van der Waals surface area contributed by atoms with Crippen molar-refractivity contribution in [3.63, 3.8) is 0 Å². The molecule has 0 bridgehead atoms. The highest BCUT2D eigenvalue weighted by atomic mass is 16.8. The molecule has 9 N–H and O–H groups in total. The van der Waals surface area contributed by atoms with Crippen molar-refractivity contribution >= 4 is 0 Å². The van der Waals surface area contributed by atoms with Gasteiger partial charge in [-0.2, -0.15) is 0 Å². The fourth-order valence-corrected chi connectivity index (χ4v) is 2.93. The van der Waals surface area contributed by atoms with E-state index in [4.69, 9.17) is 24.4 Å². The number of aliphatic hydroxyl groups excluding tert-OH is 9. The van der Waals surface area contributed by atoms with Crippen molar-refractivity contribution in [2.75, 3.05) is 13.2 Å². The Hall–Kier alpha value is -0.480. The van der Waals surface area contributed by atoms with Gasteiger partial charge in [-0.05, 0) is 6.42 Å². The van der Waals surface area contributed by atoms with Crippen molar-refractivity contribution in [2.45, 2.75) is 73.9 Å². The normalized spacial score (nSPS) is 48.3. The maximum atomic E-state index is 9.99. The fraction of sp³-hybridized carbons (Fsp3) is 1.00. The van der Waals surface area contributed by atoms with Crippen LogP contribution in [0, 0.1) is 0 Å². The van der Waals surface area contributed by atoms with E-state index in [1.165, 1.54) is 0 Å². The molecule has 0 radical (unpaired) electrons. The molecule has 26 heavy (non-hydrogen) atoms. The molecule has 2 saturated heterocycles. The van der Waals surface area contributed by atoms with Gasteiger partial charge in [-0.25, -0.2) is 0 Å². The van der Waals surface area contributed by atoms with E-state index in [1.807, 2.05) is 0 Å². The van der Waals surface area contributed by atoms with Gasteiger partial charge in [-0.15, -0.1) is 0 Å². The first-order valence-corrected chi connectivity index (χ1v) is 8.17. The van der Waals surface area contributed by atoms with Gasteiger partial charge >= 0.3 is 0 Å². The van der Waals surface area contributed by atoms with Crippen LogP contribution < -0.4 is 0 Å². The second kappa shape index (κ2) is 9.14. The predicted molar refractivity (Wildman–Crippen MR) is 79.2 cm³/mol. The van der Waals surface area contributed by atoms with Crippen LogP contribution in [0.3, 0.4) is 0 Å². The molecule has 2 fully saturated rings. The molecule has 2 heterocycles. The zero-order valence-electron chi connectivity index (χ0n) is 13.7. The molecule has 0 aromatic carbocycles. The largest absolute Gasteiger partial charge is 0.396 e. The molecular formula is C14H26O12. The Balaban J connectivity index is 2.11. The van der Waals surface area contributed by atoms with Crippen LogP contribution in [0.2, 0.25) is 0 Å². The second-order valence-corrected chi connectivity index (χ2v) is 6.35. The van der Waals surface area contributed by atoms with Crippen molar-refractivity contribution in [3.05, 3.63) is 0 Å². The average Bonchev–Trinajstić information content (AvgIpc) is 2.63. The van der Waals surface area contributed by atoms with Crippen molar-refractivity contribution in [1.82, 2.24) is 0 Å². The summed E-state index contributed by atoms with van der Waals surface area (Å²) in [6.45, 7) is -1.18. The van der Waals surface area contributed by atoms with E-state index in [1.54, 1.807) is 0 Å². The Morgan fingerprint density at radius 3 is 1.81 bits per heavy atom. The lowest BCUT2D eigenvalue weighted by atomic mass is 9.95. The van der Waals surface area contributed by atoms with E-state index in [9.17, 15) is 35.7 Å². The topological polar surface area (TPSA) is 210 Å². The minimum absolute atomic E-state index is 0.0773. The van der Waals surface area contributed by atoms with Crippen molar-refractivity contribution in [2.24, 2.45) is 0 Å². The number of ether oxygens (including phenoxy) is 3. The third-order valence-corrected chi connectivity index (χ3v) is 4.52. The van der Waals surface area contributed by atoms with Gasteiger partial charge in [0.25, 0.3) is 0 Å². The van der Waals surface area contributed by atoms with Crippen LogP contribution in [-0.2, 0) is 14.2 Å². The first kappa shape index (κ1) is 21.8. The molecule has 2 aliphatic rings. The smallest absolute Gasteiger partial charge is 0.189 e. The highest BCUT2D eigenvalue weighted by Gasteiger charge is 2.50. The van der Waals surface area contributed by atoms with Crippen LogP contribution in [0.5, 0.6) is 0 Å². The molecule has 11 atom stereocenters. The Morgan fingerprint density at radius 1 is 0.731 bits per heavy atom. The molecule has 12 heteroatoms. The van der Waals surface area contributed by atoms with Gasteiger partial charge in [0.15, 0.2) is 12.6 Å². The Morgan fingerprint density at radius 2 is 1.27 bits per heavy atom. The molecule has 0 amide bonds. The highest BCUT2D eigenvalue weighted by molar-refractivity contribution is 4.94. The maximum absolute atomic E-state index is 9.99. The maximum Gasteiger partial charge on any atom is 0.189 e.